The molecule has 2 aromatic rings. The van der Waals surface area contributed by atoms with E-state index in [-0.39, 0.29) is 0 Å². The first-order valence-electron chi connectivity index (χ1n) is 6.17. The van der Waals surface area contributed by atoms with Crippen molar-refractivity contribution in [3.63, 3.8) is 0 Å². The van der Waals surface area contributed by atoms with Gasteiger partial charge in [0.05, 0.1) is 6.21 Å². The molecule has 5 nitrogen and oxygen atoms in total. The molecule has 0 aliphatic carbocycles. The summed E-state index contributed by atoms with van der Waals surface area (Å²) >= 11 is 5.97. The summed E-state index contributed by atoms with van der Waals surface area (Å²) in [6.07, 6.45) is 1.49. The third kappa shape index (κ3) is 4.50. The van der Waals surface area contributed by atoms with Crippen LogP contribution in [0.1, 0.15) is 11.1 Å². The van der Waals surface area contributed by atoms with Crippen LogP contribution in [0.25, 0.3) is 0 Å². The number of nitrogens with one attached hydrogen (secondary N) is 1. The Morgan fingerprint density at radius 1 is 1.24 bits per heavy atom. The summed E-state index contributed by atoms with van der Waals surface area (Å²) in [5.41, 5.74) is 8.78. The molecule has 0 unspecified atom stereocenters. The van der Waals surface area contributed by atoms with Gasteiger partial charge in [0.1, 0.15) is 11.5 Å². The lowest BCUT2D eigenvalue weighted by Crippen LogP contribution is -2.24. The summed E-state index contributed by atoms with van der Waals surface area (Å²) < 4.78 is 5.72. The van der Waals surface area contributed by atoms with E-state index < -0.39 is 6.03 Å². The van der Waals surface area contributed by atoms with Crippen LogP contribution in [0.3, 0.4) is 0 Å². The maximum Gasteiger partial charge on any atom is 0.332 e. The van der Waals surface area contributed by atoms with E-state index in [1.165, 1.54) is 6.21 Å². The Morgan fingerprint density at radius 2 is 1.90 bits per heavy atom. The van der Waals surface area contributed by atoms with Crippen LogP contribution in [-0.4, -0.2) is 12.2 Å². The van der Waals surface area contributed by atoms with E-state index in [1.807, 2.05) is 31.2 Å². The molecule has 0 aliphatic heterocycles. The van der Waals surface area contributed by atoms with Crippen LogP contribution in [0.2, 0.25) is 5.02 Å². The molecular weight excluding hydrogens is 290 g/mol. The quantitative estimate of drug-likeness (QED) is 0.670. The molecule has 108 valence electrons. The van der Waals surface area contributed by atoms with Gasteiger partial charge < -0.3 is 10.5 Å². The minimum Gasteiger partial charge on any atom is -0.457 e. The van der Waals surface area contributed by atoms with Gasteiger partial charge in [-0.05, 0) is 60.5 Å². The monoisotopic (exact) mass is 303 g/mol. The van der Waals surface area contributed by atoms with Gasteiger partial charge in [-0.25, -0.2) is 10.2 Å². The van der Waals surface area contributed by atoms with E-state index in [4.69, 9.17) is 22.1 Å². The summed E-state index contributed by atoms with van der Waals surface area (Å²) in [6.45, 7) is 1.92. The lowest BCUT2D eigenvalue weighted by Gasteiger charge is -2.07. The van der Waals surface area contributed by atoms with Gasteiger partial charge in [-0.1, -0.05) is 11.6 Å². The molecule has 2 aromatic carbocycles. The number of hydrogen-bond acceptors (Lipinski definition) is 3. The molecule has 3 N–H and O–H groups in total. The zero-order valence-corrected chi connectivity index (χ0v) is 12.1. The third-order valence-corrected chi connectivity index (χ3v) is 3.06. The van der Waals surface area contributed by atoms with E-state index in [9.17, 15) is 4.79 Å². The SMILES string of the molecule is Cc1cc(Oc2ccc(/C=N/NC(N)=O)cc2)ccc1Cl. The Balaban J connectivity index is 2.03. The standard InChI is InChI=1S/C15H14ClN3O2/c1-10-8-13(6-7-14(10)16)21-12-4-2-11(3-5-12)9-18-19-15(17)20/h2-9H,1H3,(H3,17,19,20)/b18-9+. The van der Waals surface area contributed by atoms with Crippen LogP contribution >= 0.6 is 11.6 Å². The average molecular weight is 304 g/mol. The number of urea groups is 1. The minimum absolute atomic E-state index is 0.691. The van der Waals surface area contributed by atoms with Crippen LogP contribution in [0, 0.1) is 6.92 Å². The number of carbonyl (C=O) groups excluding carboxylic acids is 1. The van der Waals surface area contributed by atoms with Gasteiger partial charge in [-0.2, -0.15) is 5.10 Å². The van der Waals surface area contributed by atoms with Crippen LogP contribution in [0.5, 0.6) is 11.5 Å². The van der Waals surface area contributed by atoms with E-state index in [0.29, 0.717) is 16.5 Å². The van der Waals surface area contributed by atoms with E-state index in [1.54, 1.807) is 18.2 Å². The Morgan fingerprint density at radius 3 is 2.52 bits per heavy atom. The molecule has 0 heterocycles. The van der Waals surface area contributed by atoms with Gasteiger partial charge in [-0.15, -0.1) is 0 Å². The van der Waals surface area contributed by atoms with Crippen LogP contribution in [0.15, 0.2) is 47.6 Å². The van der Waals surface area contributed by atoms with Gasteiger partial charge in [0.25, 0.3) is 0 Å². The molecular formula is C15H14ClN3O2. The lowest BCUT2D eigenvalue weighted by molar-refractivity contribution is 0.249. The van der Waals surface area contributed by atoms with E-state index in [0.717, 1.165) is 11.1 Å². The summed E-state index contributed by atoms with van der Waals surface area (Å²) in [4.78, 5) is 10.5. The fourth-order valence-electron chi connectivity index (χ4n) is 1.61. The van der Waals surface area contributed by atoms with Gasteiger partial charge >= 0.3 is 6.03 Å². The predicted molar refractivity (Wildman–Crippen MR) is 83.0 cm³/mol. The van der Waals surface area contributed by atoms with Crippen molar-refractivity contribution >= 4 is 23.8 Å². The number of amides is 2. The van der Waals surface area contributed by atoms with Crippen molar-refractivity contribution in [1.82, 2.24) is 5.43 Å². The fraction of sp³-hybridized carbons (Fsp3) is 0.0667. The number of hydrazone groups is 1. The molecule has 0 atom stereocenters. The van der Waals surface area contributed by atoms with Crippen LogP contribution in [0.4, 0.5) is 4.79 Å². The number of aryl methyl sites for hydroxylation is 1. The molecule has 0 spiro atoms. The highest BCUT2D eigenvalue weighted by Gasteiger charge is 2.00. The summed E-state index contributed by atoms with van der Waals surface area (Å²) in [7, 11) is 0. The van der Waals surface area contributed by atoms with Gasteiger partial charge in [0, 0.05) is 5.02 Å². The molecule has 0 bridgehead atoms. The zero-order chi connectivity index (χ0) is 15.2. The third-order valence-electron chi connectivity index (χ3n) is 2.63. The molecule has 6 heteroatoms. The van der Waals surface area contributed by atoms with Crippen molar-refractivity contribution in [3.8, 4) is 11.5 Å². The first-order valence-corrected chi connectivity index (χ1v) is 6.55. The summed E-state index contributed by atoms with van der Waals surface area (Å²) in [6, 6.07) is 12.0. The van der Waals surface area contributed by atoms with Gasteiger partial charge in [-0.3, -0.25) is 0 Å². The highest BCUT2D eigenvalue weighted by molar-refractivity contribution is 6.31. The second-order valence-electron chi connectivity index (χ2n) is 4.32. The Hall–Kier alpha value is -2.53. The van der Waals surface area contributed by atoms with Gasteiger partial charge in [0.15, 0.2) is 0 Å². The number of halogens is 1. The molecule has 21 heavy (non-hydrogen) atoms. The number of hydrogen-bond donors (Lipinski definition) is 2. The van der Waals surface area contributed by atoms with Crippen molar-refractivity contribution in [1.29, 1.82) is 0 Å². The number of rotatable bonds is 4. The van der Waals surface area contributed by atoms with E-state index in [2.05, 4.69) is 10.5 Å². The van der Waals surface area contributed by atoms with Gasteiger partial charge in [0.2, 0.25) is 0 Å². The first-order chi connectivity index (χ1) is 10.0. The smallest absolute Gasteiger partial charge is 0.332 e. The number of nitrogens with zero attached hydrogens (tertiary/aromatic N) is 1. The highest BCUT2D eigenvalue weighted by atomic mass is 35.5. The molecule has 0 aromatic heterocycles. The Labute approximate surface area is 127 Å². The van der Waals surface area contributed by atoms with Crippen LogP contribution < -0.4 is 15.9 Å². The Kier molecular flexibility index (Phi) is 4.79. The molecule has 2 amide bonds. The molecule has 2 rings (SSSR count). The van der Waals surface area contributed by atoms with Crippen molar-refractivity contribution in [2.45, 2.75) is 6.92 Å². The topological polar surface area (TPSA) is 76.7 Å². The molecule has 0 saturated carbocycles. The minimum atomic E-state index is -0.704. The largest absolute Gasteiger partial charge is 0.457 e. The molecule has 0 fully saturated rings. The Bertz CT molecular complexity index is 669. The second-order valence-corrected chi connectivity index (χ2v) is 4.72. The maximum atomic E-state index is 10.5. The summed E-state index contributed by atoms with van der Waals surface area (Å²) in [5, 5.41) is 4.38. The second kappa shape index (κ2) is 6.76. The van der Waals surface area contributed by atoms with Crippen molar-refractivity contribution in [2.24, 2.45) is 10.8 Å². The number of primary amides is 1. The van der Waals surface area contributed by atoms with Crippen molar-refractivity contribution in [2.75, 3.05) is 0 Å². The number of ether oxygens (including phenoxy) is 1. The maximum absolute atomic E-state index is 10.5. The normalized spacial score (nSPS) is 10.6. The lowest BCUT2D eigenvalue weighted by atomic mass is 10.2. The van der Waals surface area contributed by atoms with Crippen LogP contribution in [-0.2, 0) is 0 Å². The summed E-state index contributed by atoms with van der Waals surface area (Å²) in [5.74, 6) is 1.41. The highest BCUT2D eigenvalue weighted by Crippen LogP contribution is 2.25. The molecule has 0 radical (unpaired) electrons. The number of nitrogens with two attached hydrogens (primary N) is 1. The molecule has 0 aliphatic rings. The molecule has 0 saturated heterocycles. The predicted octanol–water partition coefficient (Wildman–Crippen LogP) is 3.44. The fourth-order valence-corrected chi connectivity index (χ4v) is 1.73. The van der Waals surface area contributed by atoms with Crippen molar-refractivity contribution in [3.05, 3.63) is 58.6 Å². The number of carbonyl (C=O) groups is 1. The zero-order valence-electron chi connectivity index (χ0n) is 11.3. The van der Waals surface area contributed by atoms with Crippen molar-refractivity contribution < 1.29 is 9.53 Å². The average Bonchev–Trinajstić information content (AvgIpc) is 2.44. The first kappa shape index (κ1) is 14.9. The number of benzene rings is 2. The van der Waals surface area contributed by atoms with E-state index >= 15 is 0 Å².